The largest absolute Gasteiger partial charge is 0.497 e. The molecule has 0 aliphatic carbocycles. The molecule has 0 saturated heterocycles. The van der Waals surface area contributed by atoms with Gasteiger partial charge in [-0.3, -0.25) is 0 Å². The number of methoxy groups -OCH3 is 1. The lowest BCUT2D eigenvalue weighted by Gasteiger charge is -2.13. The standard InChI is InChI=1S/C33H25N5O4/c1-3-41-33(39)29-30(21-13-15-22(40-2)16-14-21)37-38(31(29)35)32-26(19-34)25(28-12-7-17-42-28)18-27(36-32)24-11-6-9-20-8-4-5-10-23(20)24/h4-18H,3,35H2,1-2H3. The van der Waals surface area contributed by atoms with E-state index in [0.717, 1.165) is 16.3 Å². The van der Waals surface area contributed by atoms with Gasteiger partial charge < -0.3 is 19.6 Å². The molecular weight excluding hydrogens is 530 g/mol. The molecule has 0 amide bonds. The Morgan fingerprint density at radius 2 is 1.81 bits per heavy atom. The first-order valence-corrected chi connectivity index (χ1v) is 13.2. The van der Waals surface area contributed by atoms with Crippen molar-refractivity contribution < 1.29 is 18.7 Å². The average Bonchev–Trinajstić information content (AvgIpc) is 3.69. The van der Waals surface area contributed by atoms with Crippen LogP contribution in [-0.4, -0.2) is 34.5 Å². The van der Waals surface area contributed by atoms with Gasteiger partial charge in [-0.15, -0.1) is 0 Å². The summed E-state index contributed by atoms with van der Waals surface area (Å²) in [7, 11) is 1.57. The lowest BCUT2D eigenvalue weighted by atomic mass is 9.98. The number of hydrogen-bond acceptors (Lipinski definition) is 8. The molecule has 0 aliphatic heterocycles. The van der Waals surface area contributed by atoms with Crippen LogP contribution in [0.3, 0.4) is 0 Å². The van der Waals surface area contributed by atoms with Gasteiger partial charge in [0.2, 0.25) is 0 Å². The van der Waals surface area contributed by atoms with Gasteiger partial charge in [-0.25, -0.2) is 9.78 Å². The van der Waals surface area contributed by atoms with Crippen LogP contribution in [0.2, 0.25) is 0 Å². The van der Waals surface area contributed by atoms with E-state index in [1.807, 2.05) is 48.5 Å². The number of ether oxygens (including phenoxy) is 2. The van der Waals surface area contributed by atoms with Crippen LogP contribution in [0.5, 0.6) is 5.75 Å². The van der Waals surface area contributed by atoms with Crippen molar-refractivity contribution in [3.8, 4) is 51.5 Å². The summed E-state index contributed by atoms with van der Waals surface area (Å²) in [6, 6.07) is 28.6. The van der Waals surface area contributed by atoms with Crippen LogP contribution in [-0.2, 0) is 4.74 Å². The van der Waals surface area contributed by atoms with Gasteiger partial charge in [0.1, 0.15) is 40.2 Å². The van der Waals surface area contributed by atoms with Gasteiger partial charge in [-0.1, -0.05) is 42.5 Å². The molecule has 3 aromatic carbocycles. The van der Waals surface area contributed by atoms with Gasteiger partial charge in [0.25, 0.3) is 0 Å². The van der Waals surface area contributed by atoms with Crippen LogP contribution in [0.25, 0.3) is 50.4 Å². The van der Waals surface area contributed by atoms with E-state index in [1.165, 1.54) is 10.9 Å². The number of esters is 1. The summed E-state index contributed by atoms with van der Waals surface area (Å²) in [6.07, 6.45) is 1.54. The van der Waals surface area contributed by atoms with Gasteiger partial charge in [0.15, 0.2) is 5.82 Å². The topological polar surface area (TPSA) is 129 Å². The van der Waals surface area contributed by atoms with Crippen molar-refractivity contribution in [1.29, 1.82) is 5.26 Å². The van der Waals surface area contributed by atoms with Crippen molar-refractivity contribution in [2.75, 3.05) is 19.5 Å². The van der Waals surface area contributed by atoms with Crippen molar-refractivity contribution >= 4 is 22.6 Å². The first kappa shape index (κ1) is 26.3. The predicted molar refractivity (Wildman–Crippen MR) is 159 cm³/mol. The van der Waals surface area contributed by atoms with E-state index in [1.54, 1.807) is 50.4 Å². The molecule has 9 nitrogen and oxygen atoms in total. The van der Waals surface area contributed by atoms with Gasteiger partial charge in [-0.2, -0.15) is 15.0 Å². The van der Waals surface area contributed by atoms with E-state index < -0.39 is 5.97 Å². The molecule has 0 atom stereocenters. The number of furan rings is 1. The maximum Gasteiger partial charge on any atom is 0.344 e. The third kappa shape index (κ3) is 4.51. The number of carbonyl (C=O) groups excluding carboxylic acids is 1. The number of fused-ring (bicyclic) bond motifs is 1. The average molecular weight is 556 g/mol. The van der Waals surface area contributed by atoms with E-state index >= 15 is 0 Å². The number of pyridine rings is 1. The van der Waals surface area contributed by atoms with Crippen LogP contribution in [0.15, 0.2) is 95.6 Å². The Morgan fingerprint density at radius 1 is 1.02 bits per heavy atom. The number of nitrogens with two attached hydrogens (primary N) is 1. The highest BCUT2D eigenvalue weighted by Crippen LogP contribution is 2.37. The number of nitrogen functional groups attached to an aromatic ring is 1. The fourth-order valence-electron chi connectivity index (χ4n) is 4.96. The molecule has 0 unspecified atom stereocenters. The van der Waals surface area contributed by atoms with Gasteiger partial charge >= 0.3 is 5.97 Å². The molecule has 3 heterocycles. The second-order valence-corrected chi connectivity index (χ2v) is 9.34. The van der Waals surface area contributed by atoms with Gasteiger partial charge in [0.05, 0.1) is 25.7 Å². The zero-order chi connectivity index (χ0) is 29.2. The van der Waals surface area contributed by atoms with Crippen molar-refractivity contribution in [2.24, 2.45) is 0 Å². The third-order valence-electron chi connectivity index (χ3n) is 6.93. The fourth-order valence-corrected chi connectivity index (χ4v) is 4.96. The van der Waals surface area contributed by atoms with Crippen LogP contribution >= 0.6 is 0 Å². The quantitative estimate of drug-likeness (QED) is 0.217. The number of nitriles is 1. The fraction of sp³-hybridized carbons (Fsp3) is 0.0909. The zero-order valence-corrected chi connectivity index (χ0v) is 22.9. The third-order valence-corrected chi connectivity index (χ3v) is 6.93. The smallest absolute Gasteiger partial charge is 0.344 e. The minimum absolute atomic E-state index is 0.0104. The van der Waals surface area contributed by atoms with Gasteiger partial charge in [-0.05, 0) is 60.2 Å². The van der Waals surface area contributed by atoms with Crippen molar-refractivity contribution in [1.82, 2.24) is 14.8 Å². The lowest BCUT2D eigenvalue weighted by molar-refractivity contribution is 0.0528. The molecular formula is C33H25N5O4. The van der Waals surface area contributed by atoms with E-state index in [0.29, 0.717) is 28.3 Å². The summed E-state index contributed by atoms with van der Waals surface area (Å²) < 4.78 is 17.7. The molecule has 0 aliphatic rings. The highest BCUT2D eigenvalue weighted by molar-refractivity contribution is 6.01. The number of hydrogen-bond donors (Lipinski definition) is 1. The van der Waals surface area contributed by atoms with Crippen molar-refractivity contribution in [2.45, 2.75) is 6.92 Å². The Morgan fingerprint density at radius 3 is 2.52 bits per heavy atom. The Bertz CT molecular complexity index is 1960. The van der Waals surface area contributed by atoms with E-state index in [-0.39, 0.29) is 35.1 Å². The van der Waals surface area contributed by atoms with Crippen LogP contribution in [0.1, 0.15) is 22.8 Å². The highest BCUT2D eigenvalue weighted by Gasteiger charge is 2.28. The second kappa shape index (κ2) is 10.9. The molecule has 0 bridgehead atoms. The summed E-state index contributed by atoms with van der Waals surface area (Å²) in [5.41, 5.74) is 9.71. The molecule has 42 heavy (non-hydrogen) atoms. The Balaban J connectivity index is 1.65. The molecule has 206 valence electrons. The number of aromatic nitrogens is 3. The first-order valence-electron chi connectivity index (χ1n) is 13.2. The molecule has 9 heteroatoms. The number of nitrogens with zero attached hydrogens (tertiary/aromatic N) is 4. The molecule has 0 radical (unpaired) electrons. The SMILES string of the molecule is CCOC(=O)c1c(-c2ccc(OC)cc2)nn(-c2nc(-c3cccc4ccccc34)cc(-c3ccco3)c2C#N)c1N. The first-order chi connectivity index (χ1) is 20.5. The number of rotatable bonds is 7. The van der Waals surface area contributed by atoms with Crippen LogP contribution < -0.4 is 10.5 Å². The summed E-state index contributed by atoms with van der Waals surface area (Å²) in [5, 5.41) is 17.2. The van der Waals surface area contributed by atoms with E-state index in [4.69, 9.17) is 29.7 Å². The molecule has 0 saturated carbocycles. The van der Waals surface area contributed by atoms with Crippen LogP contribution in [0, 0.1) is 11.3 Å². The number of benzene rings is 3. The zero-order valence-electron chi connectivity index (χ0n) is 22.9. The lowest BCUT2D eigenvalue weighted by Crippen LogP contribution is -2.11. The van der Waals surface area contributed by atoms with E-state index in [2.05, 4.69) is 6.07 Å². The predicted octanol–water partition coefficient (Wildman–Crippen LogP) is 6.65. The van der Waals surface area contributed by atoms with Crippen LogP contribution in [0.4, 0.5) is 5.82 Å². The molecule has 3 aromatic heterocycles. The summed E-state index contributed by atoms with van der Waals surface area (Å²) in [5.74, 6) is 0.620. The molecule has 6 aromatic rings. The van der Waals surface area contributed by atoms with E-state index in [9.17, 15) is 10.1 Å². The minimum atomic E-state index is -0.637. The molecule has 0 spiro atoms. The maximum atomic E-state index is 13.2. The normalized spacial score (nSPS) is 10.9. The van der Waals surface area contributed by atoms with Gasteiger partial charge in [0, 0.05) is 16.7 Å². The Labute approximate surface area is 241 Å². The highest BCUT2D eigenvalue weighted by atomic mass is 16.5. The summed E-state index contributed by atoms with van der Waals surface area (Å²) in [4.78, 5) is 18.1. The minimum Gasteiger partial charge on any atom is -0.497 e. The van der Waals surface area contributed by atoms with Crippen molar-refractivity contribution in [3.63, 3.8) is 0 Å². The Hall–Kier alpha value is -5.88. The number of carbonyl (C=O) groups is 1. The molecule has 2 N–H and O–H groups in total. The summed E-state index contributed by atoms with van der Waals surface area (Å²) >= 11 is 0. The molecule has 0 fully saturated rings. The summed E-state index contributed by atoms with van der Waals surface area (Å²) in [6.45, 7) is 1.86. The monoisotopic (exact) mass is 555 g/mol. The second-order valence-electron chi connectivity index (χ2n) is 9.34. The number of anilines is 1. The Kier molecular flexibility index (Phi) is 6.87. The van der Waals surface area contributed by atoms with Crippen molar-refractivity contribution in [3.05, 3.63) is 102 Å². The molecule has 6 rings (SSSR count). The maximum absolute atomic E-state index is 13.2.